The van der Waals surface area contributed by atoms with Crippen LogP contribution in [-0.2, 0) is 32.8 Å². The Labute approximate surface area is 207 Å². The highest BCUT2D eigenvalue weighted by Crippen LogP contribution is 2.46. The van der Waals surface area contributed by atoms with Crippen LogP contribution >= 0.6 is 7.75 Å². The van der Waals surface area contributed by atoms with Gasteiger partial charge in [-0.3, -0.25) is 9.32 Å². The van der Waals surface area contributed by atoms with Gasteiger partial charge in [-0.2, -0.15) is 5.09 Å². The Kier molecular flexibility index (Phi) is 8.68. The standard InChI is InChI=1S/C24H37N2O8P/c1-8-25-21-20-19(32-24(6,7)33-20)18(31-21)14-30-35(28,34-17-12-10-9-11-13-17)26-16(2)22(27)29-15-23(3,4)5/h8-13,16,18-21,25H,1,14-15H2,2-7H3,(H,26,28)/t16?,18?,19-,20-,21-,35?/m1/s1. The van der Waals surface area contributed by atoms with E-state index < -0.39 is 50.1 Å². The van der Waals surface area contributed by atoms with E-state index in [9.17, 15) is 9.36 Å². The first-order chi connectivity index (χ1) is 16.3. The van der Waals surface area contributed by atoms with E-state index in [2.05, 4.69) is 17.0 Å². The molecule has 0 saturated carbocycles. The Morgan fingerprint density at radius 2 is 1.89 bits per heavy atom. The molecule has 11 heteroatoms. The Hall–Kier alpha value is -1.94. The third kappa shape index (κ3) is 7.77. The first-order valence-corrected chi connectivity index (χ1v) is 13.2. The summed E-state index contributed by atoms with van der Waals surface area (Å²) in [4.78, 5) is 12.5. The molecule has 196 valence electrons. The number of carbonyl (C=O) groups excluding carboxylic acids is 1. The molecule has 0 aromatic heterocycles. The molecular weight excluding hydrogens is 475 g/mol. The maximum Gasteiger partial charge on any atom is 0.459 e. The summed E-state index contributed by atoms with van der Waals surface area (Å²) in [6, 6.07) is 7.61. The van der Waals surface area contributed by atoms with Gasteiger partial charge in [-0.05, 0) is 44.5 Å². The van der Waals surface area contributed by atoms with Crippen molar-refractivity contribution in [3.8, 4) is 5.75 Å². The van der Waals surface area contributed by atoms with Crippen LogP contribution in [0.1, 0.15) is 41.5 Å². The normalized spacial score (nSPS) is 27.9. The molecule has 10 nitrogen and oxygen atoms in total. The van der Waals surface area contributed by atoms with Gasteiger partial charge in [0.15, 0.2) is 12.0 Å². The van der Waals surface area contributed by atoms with Crippen molar-refractivity contribution < 1.29 is 37.4 Å². The molecule has 3 rings (SSSR count). The van der Waals surface area contributed by atoms with Crippen LogP contribution in [0.3, 0.4) is 0 Å². The summed E-state index contributed by atoms with van der Waals surface area (Å²) in [6.07, 6.45) is -0.499. The highest BCUT2D eigenvalue weighted by molar-refractivity contribution is 7.52. The van der Waals surface area contributed by atoms with Gasteiger partial charge in [-0.15, -0.1) is 0 Å². The average Bonchev–Trinajstić information content (AvgIpc) is 3.24. The summed E-state index contributed by atoms with van der Waals surface area (Å²) in [7, 11) is -4.04. The van der Waals surface area contributed by atoms with Gasteiger partial charge in [0, 0.05) is 0 Å². The Morgan fingerprint density at radius 1 is 1.23 bits per heavy atom. The largest absolute Gasteiger partial charge is 0.464 e. The molecule has 2 aliphatic heterocycles. The first-order valence-electron chi connectivity index (χ1n) is 11.6. The highest BCUT2D eigenvalue weighted by Gasteiger charge is 2.55. The fourth-order valence-corrected chi connectivity index (χ4v) is 5.15. The quantitative estimate of drug-likeness (QED) is 0.336. The molecule has 2 N–H and O–H groups in total. The van der Waals surface area contributed by atoms with Crippen LogP contribution in [0, 0.1) is 5.41 Å². The molecule has 1 aromatic carbocycles. The maximum absolute atomic E-state index is 13.8. The number of hydrogen-bond donors (Lipinski definition) is 2. The maximum atomic E-state index is 13.8. The monoisotopic (exact) mass is 512 g/mol. The van der Waals surface area contributed by atoms with Crippen molar-refractivity contribution in [3.63, 3.8) is 0 Å². The van der Waals surface area contributed by atoms with E-state index in [-0.39, 0.29) is 18.6 Å². The molecule has 2 fully saturated rings. The van der Waals surface area contributed by atoms with Gasteiger partial charge in [-0.25, -0.2) is 4.57 Å². The summed E-state index contributed by atoms with van der Waals surface area (Å²) in [5.41, 5.74) is -0.209. The van der Waals surface area contributed by atoms with Gasteiger partial charge in [0.25, 0.3) is 0 Å². The van der Waals surface area contributed by atoms with Crippen molar-refractivity contribution in [2.75, 3.05) is 13.2 Å². The number of para-hydroxylation sites is 1. The van der Waals surface area contributed by atoms with Gasteiger partial charge in [0.05, 0.1) is 13.2 Å². The molecule has 2 aliphatic rings. The molecule has 0 spiro atoms. The van der Waals surface area contributed by atoms with Crippen molar-refractivity contribution >= 4 is 13.7 Å². The molecule has 0 bridgehead atoms. The zero-order valence-corrected chi connectivity index (χ0v) is 22.1. The van der Waals surface area contributed by atoms with Crippen molar-refractivity contribution in [1.82, 2.24) is 10.4 Å². The second-order valence-corrected chi connectivity index (χ2v) is 11.9. The molecule has 3 unspecified atom stereocenters. The van der Waals surface area contributed by atoms with E-state index in [1.807, 2.05) is 34.6 Å². The number of rotatable bonds is 11. The molecule has 1 aromatic rings. The topological polar surface area (TPSA) is 114 Å². The summed E-state index contributed by atoms with van der Waals surface area (Å²) in [5, 5.41) is 5.69. The highest BCUT2D eigenvalue weighted by atomic mass is 31.2. The minimum absolute atomic E-state index is 0.142. The van der Waals surface area contributed by atoms with Gasteiger partial charge in [0.2, 0.25) is 0 Å². The van der Waals surface area contributed by atoms with Crippen LogP contribution in [0.2, 0.25) is 0 Å². The van der Waals surface area contributed by atoms with Gasteiger partial charge in [-0.1, -0.05) is 45.5 Å². The zero-order chi connectivity index (χ0) is 25.9. The Morgan fingerprint density at radius 3 is 2.51 bits per heavy atom. The van der Waals surface area contributed by atoms with Gasteiger partial charge >= 0.3 is 13.7 Å². The van der Waals surface area contributed by atoms with Crippen LogP contribution in [0.25, 0.3) is 0 Å². The number of benzene rings is 1. The second kappa shape index (κ2) is 11.0. The van der Waals surface area contributed by atoms with Crippen LogP contribution in [-0.4, -0.2) is 55.6 Å². The van der Waals surface area contributed by atoms with Crippen molar-refractivity contribution in [2.45, 2.75) is 77.9 Å². The SMILES string of the molecule is C=CN[C@@H]1OC(COP(=O)(NC(C)C(=O)OCC(C)(C)C)Oc2ccccc2)[C@H]2OC(C)(C)O[C@@H]12. The molecule has 0 amide bonds. The zero-order valence-electron chi connectivity index (χ0n) is 21.2. The summed E-state index contributed by atoms with van der Waals surface area (Å²) < 4.78 is 48.5. The molecule has 2 heterocycles. The smallest absolute Gasteiger partial charge is 0.459 e. The first kappa shape index (κ1) is 27.6. The van der Waals surface area contributed by atoms with Crippen molar-refractivity contribution in [3.05, 3.63) is 43.1 Å². The van der Waals surface area contributed by atoms with Crippen LogP contribution < -0.4 is 14.9 Å². The molecule has 35 heavy (non-hydrogen) atoms. The lowest BCUT2D eigenvalue weighted by Crippen LogP contribution is -2.38. The van der Waals surface area contributed by atoms with Crippen molar-refractivity contribution in [1.29, 1.82) is 0 Å². The molecule has 0 radical (unpaired) electrons. The lowest BCUT2D eigenvalue weighted by atomic mass is 9.99. The third-order valence-electron chi connectivity index (χ3n) is 5.16. The minimum Gasteiger partial charge on any atom is -0.464 e. The summed E-state index contributed by atoms with van der Waals surface area (Å²) in [5.74, 6) is -1.06. The Balaban J connectivity index is 1.71. The number of carbonyl (C=O) groups is 1. The van der Waals surface area contributed by atoms with E-state index >= 15 is 0 Å². The van der Waals surface area contributed by atoms with E-state index in [1.165, 1.54) is 13.1 Å². The number of ether oxygens (including phenoxy) is 4. The average molecular weight is 513 g/mol. The molecule has 6 atom stereocenters. The minimum atomic E-state index is -4.04. The summed E-state index contributed by atoms with van der Waals surface area (Å²) >= 11 is 0. The van der Waals surface area contributed by atoms with Crippen molar-refractivity contribution in [2.24, 2.45) is 5.41 Å². The number of fused-ring (bicyclic) bond motifs is 1. The van der Waals surface area contributed by atoms with E-state index in [0.717, 1.165) is 0 Å². The fourth-order valence-electron chi connectivity index (χ4n) is 3.65. The van der Waals surface area contributed by atoms with Crippen LogP contribution in [0.4, 0.5) is 0 Å². The van der Waals surface area contributed by atoms with Crippen LogP contribution in [0.5, 0.6) is 5.75 Å². The fraction of sp³-hybridized carbons (Fsp3) is 0.625. The third-order valence-corrected chi connectivity index (χ3v) is 6.81. The van der Waals surface area contributed by atoms with Crippen LogP contribution in [0.15, 0.2) is 43.1 Å². The number of nitrogens with one attached hydrogen (secondary N) is 2. The lowest BCUT2D eigenvalue weighted by molar-refractivity contribution is -0.191. The molecule has 0 aliphatic carbocycles. The van der Waals surface area contributed by atoms with Gasteiger partial charge in [0.1, 0.15) is 30.1 Å². The van der Waals surface area contributed by atoms with E-state index in [1.54, 1.807) is 30.3 Å². The number of esters is 1. The lowest BCUT2D eigenvalue weighted by Gasteiger charge is -2.27. The second-order valence-electron chi connectivity index (χ2n) is 10.2. The van der Waals surface area contributed by atoms with Gasteiger partial charge < -0.3 is 28.8 Å². The molecular formula is C24H37N2O8P. The van der Waals surface area contributed by atoms with E-state index in [0.29, 0.717) is 5.75 Å². The summed E-state index contributed by atoms with van der Waals surface area (Å²) in [6.45, 7) is 14.8. The van der Waals surface area contributed by atoms with E-state index in [4.69, 9.17) is 28.0 Å². The number of hydrogen-bond acceptors (Lipinski definition) is 9. The predicted octanol–water partition coefficient (Wildman–Crippen LogP) is 3.74. The Bertz CT molecular complexity index is 920. The predicted molar refractivity (Wildman–Crippen MR) is 129 cm³/mol. The molecule has 2 saturated heterocycles.